The molecule has 2 aliphatic heterocycles. The van der Waals surface area contributed by atoms with Crippen molar-refractivity contribution < 1.29 is 19.4 Å². The number of rotatable bonds is 3. The van der Waals surface area contributed by atoms with Crippen molar-refractivity contribution in [1.29, 1.82) is 0 Å². The second kappa shape index (κ2) is 11.2. The van der Waals surface area contributed by atoms with Gasteiger partial charge in [-0.3, -0.25) is 0 Å². The third kappa shape index (κ3) is 5.43. The molecule has 186 valence electrons. The largest absolute Gasteiger partial charge is 0.476 e. The number of morpholine rings is 2. The molecule has 2 aromatic carbocycles. The minimum Gasteiger partial charge on any atom is -0.476 e. The van der Waals surface area contributed by atoms with Gasteiger partial charge in [0.25, 0.3) is 0 Å². The molecule has 0 atom stereocenters. The first-order valence-electron chi connectivity index (χ1n) is 11.9. The first-order valence-corrected chi connectivity index (χ1v) is 12.7. The lowest BCUT2D eigenvalue weighted by Gasteiger charge is -2.28. The fourth-order valence-corrected chi connectivity index (χ4v) is 4.94. The van der Waals surface area contributed by atoms with E-state index < -0.39 is 5.97 Å². The Hall–Kier alpha value is -3.27. The summed E-state index contributed by atoms with van der Waals surface area (Å²) in [6.07, 6.45) is 0. The number of ether oxygens (including phenoxy) is 2. The number of benzene rings is 2. The highest BCUT2D eigenvalue weighted by Gasteiger charge is 2.18. The maximum atomic E-state index is 11.3. The number of halogens is 1. The van der Waals surface area contributed by atoms with Gasteiger partial charge in [-0.25, -0.2) is 14.8 Å². The second-order valence-electron chi connectivity index (χ2n) is 8.55. The van der Waals surface area contributed by atoms with E-state index in [1.54, 1.807) is 6.07 Å². The van der Waals surface area contributed by atoms with Crippen molar-refractivity contribution in [3.8, 4) is 0 Å². The maximum Gasteiger partial charge on any atom is 0.355 e. The van der Waals surface area contributed by atoms with Crippen molar-refractivity contribution in [3.63, 3.8) is 0 Å². The van der Waals surface area contributed by atoms with E-state index in [9.17, 15) is 9.90 Å². The highest BCUT2D eigenvalue weighted by atomic mass is 79.9. The molecule has 2 aliphatic rings. The molecule has 4 heterocycles. The molecule has 1 N–H and O–H groups in total. The van der Waals surface area contributed by atoms with Crippen LogP contribution in [0.25, 0.3) is 21.5 Å². The third-order valence-corrected chi connectivity index (χ3v) is 6.88. The molecular formula is C27H27BrN4O4. The Bertz CT molecular complexity index is 1370. The summed E-state index contributed by atoms with van der Waals surface area (Å²) in [5.74, 6) is 0.740. The van der Waals surface area contributed by atoms with E-state index in [2.05, 4.69) is 60.0 Å². The van der Waals surface area contributed by atoms with Gasteiger partial charge >= 0.3 is 5.97 Å². The molecule has 2 aromatic heterocycles. The number of carbonyl (C=O) groups is 1. The summed E-state index contributed by atoms with van der Waals surface area (Å²) in [6.45, 7) is 6.18. The van der Waals surface area contributed by atoms with Crippen LogP contribution in [0.2, 0.25) is 0 Å². The Labute approximate surface area is 217 Å². The van der Waals surface area contributed by atoms with Gasteiger partial charge in [0, 0.05) is 37.0 Å². The van der Waals surface area contributed by atoms with Crippen LogP contribution in [0.15, 0.2) is 65.3 Å². The number of fused-ring (bicyclic) bond motifs is 2. The van der Waals surface area contributed by atoms with Gasteiger partial charge < -0.3 is 24.4 Å². The molecule has 2 fully saturated rings. The highest BCUT2D eigenvalue weighted by Crippen LogP contribution is 2.27. The van der Waals surface area contributed by atoms with E-state index in [1.807, 2.05) is 30.3 Å². The van der Waals surface area contributed by atoms with E-state index >= 15 is 0 Å². The number of aromatic nitrogens is 2. The Morgan fingerprint density at radius 1 is 0.750 bits per heavy atom. The molecule has 0 unspecified atom stereocenters. The Kier molecular flexibility index (Phi) is 7.60. The lowest BCUT2D eigenvalue weighted by atomic mass is 10.1. The molecule has 2 saturated heterocycles. The first kappa shape index (κ1) is 24.4. The number of anilines is 2. The standard InChI is InChI=1S/C14H14N2O3.C13H13BrN2O/c17-14(18)13-11-4-2-1-3-10(11)9-12(15-13)16-5-7-19-8-6-16;14-13-11-4-2-1-3-10(11)9-12(15-13)16-5-7-17-8-6-16/h1-4,9H,5-8H2,(H,17,18);1-4,9H,5-8H2. The van der Waals surface area contributed by atoms with Crippen LogP contribution in [-0.4, -0.2) is 73.7 Å². The average Bonchev–Trinajstić information content (AvgIpc) is 2.93. The summed E-state index contributed by atoms with van der Waals surface area (Å²) in [5.41, 5.74) is 0.111. The third-order valence-electron chi connectivity index (χ3n) is 6.28. The molecule has 0 spiro atoms. The van der Waals surface area contributed by atoms with Crippen molar-refractivity contribution in [2.45, 2.75) is 0 Å². The average molecular weight is 551 g/mol. The summed E-state index contributed by atoms with van der Waals surface area (Å²) >= 11 is 3.55. The Balaban J connectivity index is 0.000000149. The van der Waals surface area contributed by atoms with Crippen LogP contribution < -0.4 is 9.80 Å². The van der Waals surface area contributed by atoms with Gasteiger partial charge in [0.2, 0.25) is 0 Å². The minimum atomic E-state index is -0.994. The molecule has 8 nitrogen and oxygen atoms in total. The van der Waals surface area contributed by atoms with Gasteiger partial charge in [0.05, 0.1) is 26.4 Å². The summed E-state index contributed by atoms with van der Waals surface area (Å²) in [5, 5.41) is 13.2. The first-order chi connectivity index (χ1) is 17.6. The van der Waals surface area contributed by atoms with Crippen molar-refractivity contribution in [2.75, 3.05) is 62.4 Å². The summed E-state index contributed by atoms with van der Waals surface area (Å²) in [6, 6.07) is 19.8. The quantitative estimate of drug-likeness (QED) is 0.370. The maximum absolute atomic E-state index is 11.3. The van der Waals surface area contributed by atoms with Crippen LogP contribution in [0.1, 0.15) is 10.5 Å². The summed E-state index contributed by atoms with van der Waals surface area (Å²) in [7, 11) is 0. The van der Waals surface area contributed by atoms with Gasteiger partial charge in [0.1, 0.15) is 16.2 Å². The molecule has 6 rings (SSSR count). The molecular weight excluding hydrogens is 524 g/mol. The molecule has 9 heteroatoms. The zero-order valence-corrected chi connectivity index (χ0v) is 21.4. The number of carboxylic acid groups (broad SMARTS) is 1. The Morgan fingerprint density at radius 2 is 1.22 bits per heavy atom. The van der Waals surface area contributed by atoms with Crippen LogP contribution in [0, 0.1) is 0 Å². The van der Waals surface area contributed by atoms with Crippen LogP contribution >= 0.6 is 15.9 Å². The molecule has 0 bridgehead atoms. The van der Waals surface area contributed by atoms with E-state index in [-0.39, 0.29) is 5.69 Å². The molecule has 36 heavy (non-hydrogen) atoms. The second-order valence-corrected chi connectivity index (χ2v) is 9.30. The molecule has 0 amide bonds. The van der Waals surface area contributed by atoms with Crippen molar-refractivity contribution in [2.24, 2.45) is 0 Å². The van der Waals surface area contributed by atoms with Crippen LogP contribution in [0.5, 0.6) is 0 Å². The van der Waals surface area contributed by atoms with E-state index in [1.165, 1.54) is 5.39 Å². The minimum absolute atomic E-state index is 0.111. The van der Waals surface area contributed by atoms with Gasteiger partial charge in [0.15, 0.2) is 5.69 Å². The highest BCUT2D eigenvalue weighted by molar-refractivity contribution is 9.10. The predicted molar refractivity (Wildman–Crippen MR) is 144 cm³/mol. The topological polar surface area (TPSA) is 88.0 Å². The van der Waals surface area contributed by atoms with Crippen molar-refractivity contribution in [3.05, 3.63) is 71.0 Å². The van der Waals surface area contributed by atoms with Crippen LogP contribution in [0.4, 0.5) is 11.6 Å². The fraction of sp³-hybridized carbons (Fsp3) is 0.296. The summed E-state index contributed by atoms with van der Waals surface area (Å²) in [4.78, 5) is 24.6. The number of hydrogen-bond donors (Lipinski definition) is 1. The molecule has 0 radical (unpaired) electrons. The zero-order valence-electron chi connectivity index (χ0n) is 19.8. The van der Waals surface area contributed by atoms with Gasteiger partial charge in [-0.1, -0.05) is 48.5 Å². The Morgan fingerprint density at radius 3 is 1.78 bits per heavy atom. The molecule has 4 aromatic rings. The van der Waals surface area contributed by atoms with Crippen molar-refractivity contribution in [1.82, 2.24) is 9.97 Å². The van der Waals surface area contributed by atoms with Crippen LogP contribution in [-0.2, 0) is 9.47 Å². The summed E-state index contributed by atoms with van der Waals surface area (Å²) < 4.78 is 11.6. The number of carboxylic acids is 1. The van der Waals surface area contributed by atoms with Gasteiger partial charge in [-0.15, -0.1) is 0 Å². The van der Waals surface area contributed by atoms with Crippen molar-refractivity contribution >= 4 is 55.1 Å². The lowest BCUT2D eigenvalue weighted by Crippen LogP contribution is -2.37. The number of pyridine rings is 2. The lowest BCUT2D eigenvalue weighted by molar-refractivity contribution is 0.0693. The van der Waals surface area contributed by atoms with Crippen LogP contribution in [0.3, 0.4) is 0 Å². The smallest absolute Gasteiger partial charge is 0.355 e. The molecule has 0 saturated carbocycles. The zero-order chi connectivity index (χ0) is 24.9. The normalized spacial score (nSPS) is 16.0. The van der Waals surface area contributed by atoms with E-state index in [4.69, 9.17) is 9.47 Å². The number of aromatic carboxylic acids is 1. The number of hydrogen-bond acceptors (Lipinski definition) is 7. The van der Waals surface area contributed by atoms with E-state index in [0.29, 0.717) is 24.4 Å². The van der Waals surface area contributed by atoms with Gasteiger partial charge in [-0.05, 0) is 38.8 Å². The van der Waals surface area contributed by atoms with Gasteiger partial charge in [-0.2, -0.15) is 0 Å². The monoisotopic (exact) mass is 550 g/mol. The fourth-order valence-electron chi connectivity index (χ4n) is 4.40. The predicted octanol–water partition coefficient (Wildman–Crippen LogP) is 4.60. The number of nitrogens with zero attached hydrogens (tertiary/aromatic N) is 4. The SMILES string of the molecule is Brc1nc(N2CCOCC2)cc2ccccc12.O=C(O)c1nc(N2CCOCC2)cc2ccccc12. The molecule has 0 aliphatic carbocycles. The van der Waals surface area contributed by atoms with E-state index in [0.717, 1.165) is 60.6 Å².